The Balaban J connectivity index is 1.49. The van der Waals surface area contributed by atoms with Crippen LogP contribution >= 0.6 is 12.2 Å². The van der Waals surface area contributed by atoms with E-state index in [4.69, 9.17) is 12.2 Å². The number of sulfonamides is 1. The van der Waals surface area contributed by atoms with Crippen LogP contribution in [0, 0.1) is 13.8 Å². The van der Waals surface area contributed by atoms with Crippen molar-refractivity contribution in [1.82, 2.24) is 0 Å². The lowest BCUT2D eigenvalue weighted by atomic mass is 10.0. The summed E-state index contributed by atoms with van der Waals surface area (Å²) in [7, 11) is -3.62. The van der Waals surface area contributed by atoms with Crippen LogP contribution in [0.4, 0.5) is 17.1 Å². The zero-order valence-electron chi connectivity index (χ0n) is 17.6. The molecule has 0 radical (unpaired) electrons. The average molecular weight is 452 g/mol. The van der Waals surface area contributed by atoms with Crippen molar-refractivity contribution in [2.45, 2.75) is 31.6 Å². The Hall–Kier alpha value is -2.90. The van der Waals surface area contributed by atoms with Crippen molar-refractivity contribution in [3.63, 3.8) is 0 Å². The highest BCUT2D eigenvalue weighted by Gasteiger charge is 2.28. The Morgan fingerprint density at radius 2 is 1.71 bits per heavy atom. The predicted octanol–water partition coefficient (Wildman–Crippen LogP) is 5.25. The van der Waals surface area contributed by atoms with E-state index in [2.05, 4.69) is 16.7 Å². The lowest BCUT2D eigenvalue weighted by Crippen LogP contribution is -2.35. The van der Waals surface area contributed by atoms with Crippen molar-refractivity contribution in [1.29, 1.82) is 0 Å². The Bertz CT molecular complexity index is 1220. The topological polar surface area (TPSA) is 61.4 Å². The number of anilines is 3. The third-order valence-electron chi connectivity index (χ3n) is 5.41. The van der Waals surface area contributed by atoms with Crippen molar-refractivity contribution < 1.29 is 8.42 Å². The second-order valence-electron chi connectivity index (χ2n) is 7.73. The van der Waals surface area contributed by atoms with E-state index < -0.39 is 10.0 Å². The molecular formula is C24H25N3O2S2. The molecule has 4 rings (SSSR count). The highest BCUT2D eigenvalue weighted by atomic mass is 32.2. The third-order valence-corrected chi connectivity index (χ3v) is 7.44. The molecule has 0 fully saturated rings. The van der Waals surface area contributed by atoms with Crippen LogP contribution in [0.5, 0.6) is 0 Å². The molecule has 2 N–H and O–H groups in total. The first-order chi connectivity index (χ1) is 14.8. The maximum atomic E-state index is 13.3. The molecule has 1 aliphatic rings. The van der Waals surface area contributed by atoms with Gasteiger partial charge >= 0.3 is 0 Å². The van der Waals surface area contributed by atoms with E-state index >= 15 is 0 Å². The Kier molecular flexibility index (Phi) is 5.98. The summed E-state index contributed by atoms with van der Waals surface area (Å²) < 4.78 is 28.0. The standard InChI is InChI=1S/C24H25N3O2S2/c1-17-9-10-18(2)22(16-17)26-24(30)25-20-11-13-21(14-12-20)31(28,29)27-15-5-7-19-6-3-4-8-23(19)27/h3-4,6,8-14,16H,5,7,15H2,1-2H3,(H2,25,26,30). The summed E-state index contributed by atoms with van der Waals surface area (Å²) >= 11 is 5.42. The van der Waals surface area contributed by atoms with Crippen LogP contribution in [0.15, 0.2) is 71.6 Å². The minimum atomic E-state index is -3.62. The van der Waals surface area contributed by atoms with E-state index in [1.807, 2.05) is 50.2 Å². The molecule has 0 atom stereocenters. The van der Waals surface area contributed by atoms with E-state index in [0.717, 1.165) is 46.6 Å². The summed E-state index contributed by atoms with van der Waals surface area (Å²) in [6.07, 6.45) is 1.71. The van der Waals surface area contributed by atoms with Gasteiger partial charge in [0.15, 0.2) is 5.11 Å². The van der Waals surface area contributed by atoms with Crippen LogP contribution in [0.25, 0.3) is 0 Å². The van der Waals surface area contributed by atoms with Crippen LogP contribution < -0.4 is 14.9 Å². The summed E-state index contributed by atoms with van der Waals surface area (Å²) in [4.78, 5) is 0.267. The molecule has 0 spiro atoms. The molecule has 0 saturated carbocycles. The lowest BCUT2D eigenvalue weighted by Gasteiger charge is -2.30. The summed E-state index contributed by atoms with van der Waals surface area (Å²) in [6.45, 7) is 4.53. The van der Waals surface area contributed by atoms with Gasteiger partial charge < -0.3 is 10.6 Å². The molecule has 5 nitrogen and oxygen atoms in total. The van der Waals surface area contributed by atoms with Crippen molar-refractivity contribution in [2.75, 3.05) is 21.5 Å². The van der Waals surface area contributed by atoms with Crippen LogP contribution in [0.3, 0.4) is 0 Å². The smallest absolute Gasteiger partial charge is 0.264 e. The predicted molar refractivity (Wildman–Crippen MR) is 131 cm³/mol. The van der Waals surface area contributed by atoms with Gasteiger partial charge in [-0.25, -0.2) is 8.42 Å². The minimum absolute atomic E-state index is 0.267. The fourth-order valence-corrected chi connectivity index (χ4v) is 5.51. The summed E-state index contributed by atoms with van der Waals surface area (Å²) in [6, 6.07) is 20.5. The number of benzene rings is 3. The van der Waals surface area contributed by atoms with Gasteiger partial charge in [0.1, 0.15) is 0 Å². The quantitative estimate of drug-likeness (QED) is 0.530. The van der Waals surface area contributed by atoms with Crippen LogP contribution in [0.1, 0.15) is 23.1 Å². The van der Waals surface area contributed by atoms with Gasteiger partial charge in [-0.2, -0.15) is 0 Å². The van der Waals surface area contributed by atoms with Crippen molar-refractivity contribution >= 4 is 44.4 Å². The van der Waals surface area contributed by atoms with Gasteiger partial charge in [0.05, 0.1) is 10.6 Å². The van der Waals surface area contributed by atoms with Crippen LogP contribution in [-0.4, -0.2) is 20.1 Å². The first-order valence-electron chi connectivity index (χ1n) is 10.2. The van der Waals surface area contributed by atoms with Gasteiger partial charge in [0.25, 0.3) is 10.0 Å². The fraction of sp³-hybridized carbons (Fsp3) is 0.208. The monoisotopic (exact) mass is 451 g/mol. The van der Waals surface area contributed by atoms with Gasteiger partial charge in [0.2, 0.25) is 0 Å². The maximum Gasteiger partial charge on any atom is 0.264 e. The Labute approximate surface area is 189 Å². The van der Waals surface area contributed by atoms with Crippen molar-refractivity contribution in [3.8, 4) is 0 Å². The number of hydrogen-bond donors (Lipinski definition) is 2. The second-order valence-corrected chi connectivity index (χ2v) is 10.0. The van der Waals surface area contributed by atoms with E-state index in [-0.39, 0.29) is 4.90 Å². The summed E-state index contributed by atoms with van der Waals surface area (Å²) in [5, 5.41) is 6.78. The van der Waals surface area contributed by atoms with E-state index in [1.165, 1.54) is 4.31 Å². The molecule has 3 aromatic rings. The molecule has 0 unspecified atom stereocenters. The molecule has 0 bridgehead atoms. The first-order valence-corrected chi connectivity index (χ1v) is 12.1. The first kappa shape index (κ1) is 21.3. The molecule has 0 saturated heterocycles. The molecule has 0 aromatic heterocycles. The molecular weight excluding hydrogens is 426 g/mol. The summed E-state index contributed by atoms with van der Waals surface area (Å²) in [5.74, 6) is 0. The number of fused-ring (bicyclic) bond motifs is 1. The highest BCUT2D eigenvalue weighted by Crippen LogP contribution is 2.32. The summed E-state index contributed by atoms with van der Waals surface area (Å²) in [5.41, 5.74) is 5.75. The molecule has 1 aliphatic heterocycles. The van der Waals surface area contributed by atoms with Gasteiger partial charge in [-0.05, 0) is 92.0 Å². The van der Waals surface area contributed by atoms with E-state index in [9.17, 15) is 8.42 Å². The number of para-hydroxylation sites is 1. The number of thiocarbonyl (C=S) groups is 1. The van der Waals surface area contributed by atoms with Gasteiger partial charge in [-0.15, -0.1) is 0 Å². The fourth-order valence-electron chi connectivity index (χ4n) is 3.74. The minimum Gasteiger partial charge on any atom is -0.332 e. The number of aryl methyl sites for hydroxylation is 3. The van der Waals surface area contributed by atoms with Crippen molar-refractivity contribution in [2.24, 2.45) is 0 Å². The Morgan fingerprint density at radius 1 is 0.968 bits per heavy atom. The SMILES string of the molecule is Cc1ccc(C)c(NC(=S)Nc2ccc(S(=O)(=O)N3CCCc4ccccc43)cc2)c1. The molecule has 3 aromatic carbocycles. The third kappa shape index (κ3) is 4.57. The molecule has 160 valence electrons. The zero-order valence-corrected chi connectivity index (χ0v) is 19.2. The normalized spacial score (nSPS) is 13.4. The van der Waals surface area contributed by atoms with Crippen LogP contribution in [0.2, 0.25) is 0 Å². The largest absolute Gasteiger partial charge is 0.332 e. The molecule has 31 heavy (non-hydrogen) atoms. The zero-order chi connectivity index (χ0) is 22.0. The van der Waals surface area contributed by atoms with Crippen molar-refractivity contribution in [3.05, 3.63) is 83.4 Å². The molecule has 0 amide bonds. The average Bonchev–Trinajstić information content (AvgIpc) is 2.76. The molecule has 1 heterocycles. The van der Waals surface area contributed by atoms with Gasteiger partial charge in [-0.3, -0.25) is 4.31 Å². The number of nitrogens with one attached hydrogen (secondary N) is 2. The second kappa shape index (κ2) is 8.69. The maximum absolute atomic E-state index is 13.3. The number of rotatable bonds is 4. The molecule has 7 heteroatoms. The van der Waals surface area contributed by atoms with Gasteiger partial charge in [0, 0.05) is 17.9 Å². The van der Waals surface area contributed by atoms with Gasteiger partial charge in [-0.1, -0.05) is 30.3 Å². The van der Waals surface area contributed by atoms with E-state index in [0.29, 0.717) is 11.7 Å². The molecule has 0 aliphatic carbocycles. The number of nitrogens with zero attached hydrogens (tertiary/aromatic N) is 1. The highest BCUT2D eigenvalue weighted by molar-refractivity contribution is 7.92. The van der Waals surface area contributed by atoms with E-state index in [1.54, 1.807) is 24.3 Å². The van der Waals surface area contributed by atoms with Crippen LogP contribution in [-0.2, 0) is 16.4 Å². The lowest BCUT2D eigenvalue weighted by molar-refractivity contribution is 0.586. The Morgan fingerprint density at radius 3 is 2.48 bits per heavy atom. The number of hydrogen-bond acceptors (Lipinski definition) is 3.